The lowest BCUT2D eigenvalue weighted by atomic mass is 10.2. The first-order chi connectivity index (χ1) is 13.3. The molecule has 1 N–H and O–H groups in total. The molecule has 0 radical (unpaired) electrons. The van der Waals surface area contributed by atoms with Crippen LogP contribution in [0.3, 0.4) is 0 Å². The van der Waals surface area contributed by atoms with Crippen LogP contribution in [0.15, 0.2) is 48.5 Å². The predicted octanol–water partition coefficient (Wildman–Crippen LogP) is 2.91. The maximum atomic E-state index is 12.1. The van der Waals surface area contributed by atoms with Gasteiger partial charge < -0.3 is 24.3 Å². The summed E-state index contributed by atoms with van der Waals surface area (Å²) in [4.78, 5) is 23.9. The molecule has 0 fully saturated rings. The maximum Gasteiger partial charge on any atom is 0.573 e. The number of nitrogens with one attached hydrogen (secondary N) is 1. The fourth-order valence-electron chi connectivity index (χ4n) is 2.30. The van der Waals surface area contributed by atoms with Crippen molar-refractivity contribution in [3.8, 4) is 17.2 Å². The van der Waals surface area contributed by atoms with Gasteiger partial charge in [0, 0.05) is 5.69 Å². The summed E-state index contributed by atoms with van der Waals surface area (Å²) >= 11 is 0. The van der Waals surface area contributed by atoms with Crippen molar-refractivity contribution in [2.24, 2.45) is 0 Å². The number of rotatable bonds is 5. The Labute approximate surface area is 156 Å². The highest BCUT2D eigenvalue weighted by Crippen LogP contribution is 2.31. The first kappa shape index (κ1) is 19.3. The Bertz CT molecular complexity index is 853. The Morgan fingerprint density at radius 2 is 1.75 bits per heavy atom. The summed E-state index contributed by atoms with van der Waals surface area (Å²) in [5.41, 5.74) is 0.210. The summed E-state index contributed by atoms with van der Waals surface area (Å²) in [6.07, 6.45) is -5.81. The smallest absolute Gasteiger partial charge is 0.485 e. The van der Waals surface area contributed by atoms with E-state index in [9.17, 15) is 22.8 Å². The monoisotopic (exact) mass is 397 g/mol. The van der Waals surface area contributed by atoms with Gasteiger partial charge in [-0.3, -0.25) is 4.79 Å². The molecule has 1 heterocycles. The molecule has 0 unspecified atom stereocenters. The minimum atomic E-state index is -4.80. The number of carbonyl (C=O) groups is 2. The van der Waals surface area contributed by atoms with Gasteiger partial charge in [0.2, 0.25) is 6.10 Å². The molecule has 2 aromatic carbocycles. The Morgan fingerprint density at radius 1 is 1.07 bits per heavy atom. The molecule has 2 aromatic rings. The first-order valence-electron chi connectivity index (χ1n) is 8.01. The number of alkyl halides is 3. The number of carbonyl (C=O) groups excluding carboxylic acids is 2. The van der Waals surface area contributed by atoms with E-state index in [0.29, 0.717) is 11.5 Å². The second-order valence-corrected chi connectivity index (χ2v) is 5.59. The van der Waals surface area contributed by atoms with Gasteiger partial charge in [0.15, 0.2) is 18.1 Å². The number of para-hydroxylation sites is 2. The van der Waals surface area contributed by atoms with Gasteiger partial charge in [0.25, 0.3) is 5.91 Å². The number of amides is 1. The van der Waals surface area contributed by atoms with Crippen molar-refractivity contribution in [2.75, 3.05) is 18.5 Å². The van der Waals surface area contributed by atoms with Crippen LogP contribution >= 0.6 is 0 Å². The second-order valence-electron chi connectivity index (χ2n) is 5.59. The molecule has 28 heavy (non-hydrogen) atoms. The first-order valence-corrected chi connectivity index (χ1v) is 8.01. The van der Waals surface area contributed by atoms with Crippen molar-refractivity contribution in [3.63, 3.8) is 0 Å². The minimum absolute atomic E-state index is 0.0574. The lowest BCUT2D eigenvalue weighted by molar-refractivity contribution is -0.274. The number of esters is 1. The highest BCUT2D eigenvalue weighted by molar-refractivity contribution is 5.93. The van der Waals surface area contributed by atoms with E-state index in [4.69, 9.17) is 14.2 Å². The Balaban J connectivity index is 1.46. The van der Waals surface area contributed by atoms with E-state index in [1.807, 2.05) is 0 Å². The van der Waals surface area contributed by atoms with E-state index in [-0.39, 0.29) is 12.3 Å². The molecule has 0 saturated carbocycles. The fourth-order valence-corrected chi connectivity index (χ4v) is 2.30. The molecule has 0 aliphatic carbocycles. The third-order valence-electron chi connectivity index (χ3n) is 3.49. The van der Waals surface area contributed by atoms with Gasteiger partial charge in [-0.15, -0.1) is 13.2 Å². The summed E-state index contributed by atoms with van der Waals surface area (Å²) in [7, 11) is 0. The largest absolute Gasteiger partial charge is 0.573 e. The molecule has 0 saturated heterocycles. The Hall–Kier alpha value is -3.43. The van der Waals surface area contributed by atoms with Crippen molar-refractivity contribution in [1.29, 1.82) is 0 Å². The van der Waals surface area contributed by atoms with Crippen LogP contribution in [0.25, 0.3) is 0 Å². The topological polar surface area (TPSA) is 83.1 Å². The third-order valence-corrected chi connectivity index (χ3v) is 3.49. The molecule has 10 heteroatoms. The van der Waals surface area contributed by atoms with Crippen LogP contribution in [0.2, 0.25) is 0 Å². The van der Waals surface area contributed by atoms with Crippen molar-refractivity contribution in [3.05, 3.63) is 48.5 Å². The number of fused-ring (bicyclic) bond motifs is 1. The van der Waals surface area contributed by atoms with Crippen LogP contribution in [-0.2, 0) is 14.3 Å². The molecule has 0 spiro atoms. The second kappa shape index (κ2) is 8.07. The van der Waals surface area contributed by atoms with E-state index in [1.54, 1.807) is 24.3 Å². The quantitative estimate of drug-likeness (QED) is 0.782. The van der Waals surface area contributed by atoms with Gasteiger partial charge in [-0.1, -0.05) is 12.1 Å². The zero-order chi connectivity index (χ0) is 20.1. The van der Waals surface area contributed by atoms with Crippen LogP contribution in [0.1, 0.15) is 0 Å². The van der Waals surface area contributed by atoms with E-state index in [0.717, 1.165) is 12.1 Å². The summed E-state index contributed by atoms with van der Waals surface area (Å²) in [6.45, 7) is -0.653. The summed E-state index contributed by atoms with van der Waals surface area (Å²) in [5, 5.41) is 2.38. The Kier molecular flexibility index (Phi) is 5.57. The number of ether oxygens (including phenoxy) is 4. The lowest BCUT2D eigenvalue weighted by Gasteiger charge is -2.24. The predicted molar refractivity (Wildman–Crippen MR) is 89.1 cm³/mol. The normalized spacial score (nSPS) is 15.5. The van der Waals surface area contributed by atoms with Crippen LogP contribution in [0.5, 0.6) is 17.2 Å². The number of hydrogen-bond donors (Lipinski definition) is 1. The number of halogens is 3. The Morgan fingerprint density at radius 3 is 2.43 bits per heavy atom. The molecular formula is C18H14F3NO6. The summed E-state index contributed by atoms with van der Waals surface area (Å²) in [6, 6.07) is 11.3. The van der Waals surface area contributed by atoms with E-state index in [1.165, 1.54) is 12.1 Å². The molecule has 0 bridgehead atoms. The number of hydrogen-bond acceptors (Lipinski definition) is 6. The third kappa shape index (κ3) is 5.29. The molecule has 3 rings (SSSR count). The van der Waals surface area contributed by atoms with Crippen LogP contribution in [-0.4, -0.2) is 37.6 Å². The van der Waals surface area contributed by atoms with Gasteiger partial charge in [-0.05, 0) is 36.4 Å². The molecule has 1 atom stereocenters. The van der Waals surface area contributed by atoms with E-state index >= 15 is 0 Å². The number of anilines is 1. The lowest BCUT2D eigenvalue weighted by Crippen LogP contribution is -2.39. The van der Waals surface area contributed by atoms with Crippen LogP contribution < -0.4 is 19.5 Å². The van der Waals surface area contributed by atoms with Gasteiger partial charge in [-0.2, -0.15) is 0 Å². The number of benzene rings is 2. The fraction of sp³-hybridized carbons (Fsp3) is 0.222. The average molecular weight is 397 g/mol. The van der Waals surface area contributed by atoms with Crippen LogP contribution in [0.4, 0.5) is 18.9 Å². The van der Waals surface area contributed by atoms with Crippen molar-refractivity contribution in [2.45, 2.75) is 12.5 Å². The van der Waals surface area contributed by atoms with Crippen molar-refractivity contribution < 1.29 is 41.7 Å². The summed E-state index contributed by atoms with van der Waals surface area (Å²) in [5.74, 6) is -0.983. The molecular weight excluding hydrogens is 383 g/mol. The highest BCUT2D eigenvalue weighted by Gasteiger charge is 2.31. The van der Waals surface area contributed by atoms with Crippen molar-refractivity contribution in [1.82, 2.24) is 0 Å². The molecule has 1 aliphatic rings. The van der Waals surface area contributed by atoms with E-state index < -0.39 is 36.7 Å². The van der Waals surface area contributed by atoms with Gasteiger partial charge in [-0.25, -0.2) is 4.79 Å². The zero-order valence-corrected chi connectivity index (χ0v) is 14.2. The van der Waals surface area contributed by atoms with E-state index in [2.05, 4.69) is 10.1 Å². The molecule has 7 nitrogen and oxygen atoms in total. The zero-order valence-electron chi connectivity index (χ0n) is 14.2. The molecule has 1 aliphatic heterocycles. The molecule has 148 valence electrons. The van der Waals surface area contributed by atoms with Crippen LogP contribution in [0, 0.1) is 0 Å². The maximum absolute atomic E-state index is 12.1. The van der Waals surface area contributed by atoms with Gasteiger partial charge in [0.1, 0.15) is 12.4 Å². The highest BCUT2D eigenvalue weighted by atomic mass is 19.4. The standard InChI is InChI=1S/C18H14F3NO6/c19-18(20,21)28-12-7-5-11(6-8-12)22-16(23)10-26-17(24)15-9-25-13-3-1-2-4-14(13)27-15/h1-8,15H,9-10H2,(H,22,23)/t15-/m1/s1. The minimum Gasteiger partial charge on any atom is -0.485 e. The van der Waals surface area contributed by atoms with Gasteiger partial charge in [0.05, 0.1) is 0 Å². The SMILES string of the molecule is O=C(COC(=O)[C@H]1COc2ccccc2O1)Nc1ccc(OC(F)(F)F)cc1. The molecule has 0 aromatic heterocycles. The summed E-state index contributed by atoms with van der Waals surface area (Å²) < 4.78 is 55.8. The molecule has 1 amide bonds. The van der Waals surface area contributed by atoms with Crippen molar-refractivity contribution >= 4 is 17.6 Å². The van der Waals surface area contributed by atoms with Gasteiger partial charge >= 0.3 is 12.3 Å². The average Bonchev–Trinajstić information content (AvgIpc) is 2.66.